The highest BCUT2D eigenvalue weighted by molar-refractivity contribution is 5.90. The van der Waals surface area contributed by atoms with Crippen LogP contribution in [-0.4, -0.2) is 34.0 Å². The molecule has 146 valence electrons. The van der Waals surface area contributed by atoms with Gasteiger partial charge in [-0.05, 0) is 45.0 Å². The number of aromatic nitrogens is 2. The molecule has 28 heavy (non-hydrogen) atoms. The minimum absolute atomic E-state index is 0.245. The Bertz CT molecular complexity index is 998. The lowest BCUT2D eigenvalue weighted by atomic mass is 10.1. The van der Waals surface area contributed by atoms with E-state index in [9.17, 15) is 9.59 Å². The molecule has 3 aromatic rings. The number of fused-ring (bicyclic) bond motifs is 1. The van der Waals surface area contributed by atoms with E-state index in [1.54, 1.807) is 12.1 Å². The normalized spacial score (nSPS) is 11.4. The van der Waals surface area contributed by atoms with E-state index < -0.39 is 5.60 Å². The number of hydrogen-bond acceptors (Lipinski definition) is 5. The molecular weight excluding hydrogens is 356 g/mol. The van der Waals surface area contributed by atoms with Gasteiger partial charge in [0.25, 0.3) is 0 Å². The number of carbonyl (C=O) groups is 2. The molecule has 3 rings (SSSR count). The van der Waals surface area contributed by atoms with E-state index >= 15 is 0 Å². The van der Waals surface area contributed by atoms with Gasteiger partial charge in [-0.2, -0.15) is 0 Å². The van der Waals surface area contributed by atoms with E-state index in [0.29, 0.717) is 12.0 Å². The number of benzene rings is 1. The maximum absolute atomic E-state index is 12.2. The monoisotopic (exact) mass is 380 g/mol. The van der Waals surface area contributed by atoms with Gasteiger partial charge >= 0.3 is 11.9 Å². The second-order valence-corrected chi connectivity index (χ2v) is 7.49. The topological polar surface area (TPSA) is 69.9 Å². The zero-order valence-corrected chi connectivity index (χ0v) is 16.6. The van der Waals surface area contributed by atoms with Crippen molar-refractivity contribution in [2.24, 2.45) is 0 Å². The Labute approximate surface area is 164 Å². The lowest BCUT2D eigenvalue weighted by Gasteiger charge is -2.19. The SMILES string of the molecule is COC(=O)c1ccc(-c2nc3ccccn3c2CCC(=O)OC(C)(C)C)cc1. The molecule has 6 nitrogen and oxygen atoms in total. The first-order chi connectivity index (χ1) is 13.3. The Kier molecular flexibility index (Phi) is 5.49. The fraction of sp³-hybridized carbons (Fsp3) is 0.318. The van der Waals surface area contributed by atoms with Gasteiger partial charge in [0.05, 0.1) is 30.5 Å². The number of carbonyl (C=O) groups excluding carboxylic acids is 2. The van der Waals surface area contributed by atoms with Crippen molar-refractivity contribution in [3.8, 4) is 11.3 Å². The van der Waals surface area contributed by atoms with Crippen molar-refractivity contribution in [3.05, 3.63) is 59.9 Å². The van der Waals surface area contributed by atoms with Gasteiger partial charge in [0, 0.05) is 18.2 Å². The van der Waals surface area contributed by atoms with E-state index in [1.165, 1.54) is 7.11 Å². The van der Waals surface area contributed by atoms with Crippen molar-refractivity contribution in [1.29, 1.82) is 0 Å². The van der Waals surface area contributed by atoms with Gasteiger partial charge in [0.2, 0.25) is 0 Å². The molecule has 0 unspecified atom stereocenters. The van der Waals surface area contributed by atoms with Gasteiger partial charge in [-0.25, -0.2) is 9.78 Å². The number of nitrogens with zero attached hydrogens (tertiary/aromatic N) is 2. The van der Waals surface area contributed by atoms with Crippen molar-refractivity contribution in [3.63, 3.8) is 0 Å². The minimum Gasteiger partial charge on any atom is -0.465 e. The highest BCUT2D eigenvalue weighted by Crippen LogP contribution is 2.26. The van der Waals surface area contributed by atoms with Gasteiger partial charge < -0.3 is 13.9 Å². The Morgan fingerprint density at radius 1 is 1.07 bits per heavy atom. The quantitative estimate of drug-likeness (QED) is 0.624. The van der Waals surface area contributed by atoms with Crippen LogP contribution in [0.2, 0.25) is 0 Å². The van der Waals surface area contributed by atoms with Crippen LogP contribution in [-0.2, 0) is 20.7 Å². The van der Waals surface area contributed by atoms with Crippen LogP contribution in [0, 0.1) is 0 Å². The molecule has 0 saturated heterocycles. The summed E-state index contributed by atoms with van der Waals surface area (Å²) >= 11 is 0. The zero-order valence-electron chi connectivity index (χ0n) is 16.6. The molecule has 0 spiro atoms. The third-order valence-corrected chi connectivity index (χ3v) is 4.19. The van der Waals surface area contributed by atoms with E-state index in [4.69, 9.17) is 14.5 Å². The van der Waals surface area contributed by atoms with Crippen LogP contribution >= 0.6 is 0 Å². The standard InChI is InChI=1S/C22H24N2O4/c1-22(2,3)28-19(25)13-12-17-20(23-18-7-5-6-14-24(17)18)15-8-10-16(11-9-15)21(26)27-4/h5-11,14H,12-13H2,1-4H3. The fourth-order valence-electron chi connectivity index (χ4n) is 3.01. The number of esters is 2. The van der Waals surface area contributed by atoms with Gasteiger partial charge in [0.15, 0.2) is 0 Å². The number of aryl methyl sites for hydroxylation is 1. The number of methoxy groups -OCH3 is 1. The zero-order chi connectivity index (χ0) is 20.3. The number of imidazole rings is 1. The summed E-state index contributed by atoms with van der Waals surface area (Å²) in [6.07, 6.45) is 2.68. The first kappa shape index (κ1) is 19.6. The fourth-order valence-corrected chi connectivity index (χ4v) is 3.01. The van der Waals surface area contributed by atoms with Crippen molar-refractivity contribution in [2.75, 3.05) is 7.11 Å². The average molecular weight is 380 g/mol. The second kappa shape index (κ2) is 7.84. The van der Waals surface area contributed by atoms with Crippen LogP contribution in [0.15, 0.2) is 48.7 Å². The summed E-state index contributed by atoms with van der Waals surface area (Å²) in [5.41, 5.74) is 3.34. The number of hydrogen-bond donors (Lipinski definition) is 0. The first-order valence-corrected chi connectivity index (χ1v) is 9.15. The Balaban J connectivity index is 1.93. The largest absolute Gasteiger partial charge is 0.465 e. The predicted molar refractivity (Wildman–Crippen MR) is 106 cm³/mol. The molecule has 0 bridgehead atoms. The van der Waals surface area contributed by atoms with Gasteiger partial charge in [-0.3, -0.25) is 4.79 Å². The van der Waals surface area contributed by atoms with Crippen LogP contribution in [0.25, 0.3) is 16.9 Å². The molecule has 0 aliphatic heterocycles. The van der Waals surface area contributed by atoms with E-state index in [1.807, 2.05) is 61.7 Å². The molecule has 0 aliphatic rings. The Hall–Kier alpha value is -3.15. The summed E-state index contributed by atoms with van der Waals surface area (Å²) in [5.74, 6) is -0.628. The van der Waals surface area contributed by atoms with E-state index in [2.05, 4.69) is 0 Å². The third-order valence-electron chi connectivity index (χ3n) is 4.19. The van der Waals surface area contributed by atoms with Crippen molar-refractivity contribution in [2.45, 2.75) is 39.2 Å². The van der Waals surface area contributed by atoms with Crippen LogP contribution < -0.4 is 0 Å². The second-order valence-electron chi connectivity index (χ2n) is 7.49. The highest BCUT2D eigenvalue weighted by atomic mass is 16.6. The summed E-state index contributed by atoms with van der Waals surface area (Å²) in [6.45, 7) is 5.56. The van der Waals surface area contributed by atoms with Crippen molar-refractivity contribution in [1.82, 2.24) is 9.38 Å². The van der Waals surface area contributed by atoms with Crippen LogP contribution in [0.5, 0.6) is 0 Å². The predicted octanol–water partition coefficient (Wildman–Crippen LogP) is 4.06. The molecule has 0 amide bonds. The summed E-state index contributed by atoms with van der Waals surface area (Å²) in [4.78, 5) is 28.6. The van der Waals surface area contributed by atoms with Crippen molar-refractivity contribution >= 4 is 17.6 Å². The molecule has 0 saturated carbocycles. The lowest BCUT2D eigenvalue weighted by molar-refractivity contribution is -0.154. The molecule has 0 fully saturated rings. The molecule has 2 heterocycles. The third kappa shape index (κ3) is 4.39. The van der Waals surface area contributed by atoms with E-state index in [-0.39, 0.29) is 18.4 Å². The number of ether oxygens (including phenoxy) is 2. The Morgan fingerprint density at radius 3 is 2.43 bits per heavy atom. The first-order valence-electron chi connectivity index (χ1n) is 9.15. The lowest BCUT2D eigenvalue weighted by Crippen LogP contribution is -2.24. The molecular formula is C22H24N2O4. The van der Waals surface area contributed by atoms with E-state index in [0.717, 1.165) is 22.6 Å². The van der Waals surface area contributed by atoms with Gasteiger partial charge in [-0.1, -0.05) is 18.2 Å². The molecule has 0 aliphatic carbocycles. The Morgan fingerprint density at radius 2 is 1.79 bits per heavy atom. The van der Waals surface area contributed by atoms with Crippen LogP contribution in [0.3, 0.4) is 0 Å². The minimum atomic E-state index is -0.511. The molecule has 6 heteroatoms. The number of pyridine rings is 1. The molecule has 0 N–H and O–H groups in total. The molecule has 2 aromatic heterocycles. The number of rotatable bonds is 5. The molecule has 0 radical (unpaired) electrons. The summed E-state index contributed by atoms with van der Waals surface area (Å²) in [5, 5.41) is 0. The summed E-state index contributed by atoms with van der Waals surface area (Å²) < 4.78 is 12.2. The molecule has 1 aromatic carbocycles. The smallest absolute Gasteiger partial charge is 0.337 e. The molecule has 0 atom stereocenters. The van der Waals surface area contributed by atoms with Gasteiger partial charge in [-0.15, -0.1) is 0 Å². The van der Waals surface area contributed by atoms with Crippen LogP contribution in [0.4, 0.5) is 0 Å². The van der Waals surface area contributed by atoms with Crippen LogP contribution in [0.1, 0.15) is 43.2 Å². The average Bonchev–Trinajstić information content (AvgIpc) is 3.03. The maximum atomic E-state index is 12.2. The summed E-state index contributed by atoms with van der Waals surface area (Å²) in [6, 6.07) is 12.9. The summed E-state index contributed by atoms with van der Waals surface area (Å²) in [7, 11) is 1.35. The maximum Gasteiger partial charge on any atom is 0.337 e. The van der Waals surface area contributed by atoms with Crippen molar-refractivity contribution < 1.29 is 19.1 Å². The highest BCUT2D eigenvalue weighted by Gasteiger charge is 2.19. The van der Waals surface area contributed by atoms with Gasteiger partial charge in [0.1, 0.15) is 11.2 Å².